The molecule has 5 heteroatoms. The Balaban J connectivity index is 1.68. The molecular formula is C18H27N3O2. The number of carbonyl (C=O) groups is 2. The maximum absolute atomic E-state index is 12.1. The lowest BCUT2D eigenvalue weighted by Gasteiger charge is -2.14. The van der Waals surface area contributed by atoms with Crippen molar-refractivity contribution >= 4 is 17.5 Å². The number of amides is 2. The molecule has 1 aromatic carbocycles. The summed E-state index contributed by atoms with van der Waals surface area (Å²) in [6, 6.07) is 7.47. The largest absolute Gasteiger partial charge is 0.378 e. The minimum Gasteiger partial charge on any atom is -0.378 e. The van der Waals surface area contributed by atoms with Gasteiger partial charge >= 0.3 is 0 Å². The van der Waals surface area contributed by atoms with Crippen LogP contribution in [-0.2, 0) is 4.79 Å². The van der Waals surface area contributed by atoms with Gasteiger partial charge in [-0.3, -0.25) is 9.59 Å². The summed E-state index contributed by atoms with van der Waals surface area (Å²) in [5, 5.41) is 5.73. The van der Waals surface area contributed by atoms with Crippen LogP contribution in [0.25, 0.3) is 0 Å². The number of nitrogens with one attached hydrogen (secondary N) is 2. The Morgan fingerprint density at radius 2 is 1.83 bits per heavy atom. The van der Waals surface area contributed by atoms with E-state index in [4.69, 9.17) is 0 Å². The Labute approximate surface area is 138 Å². The molecule has 23 heavy (non-hydrogen) atoms. The van der Waals surface area contributed by atoms with Crippen LogP contribution in [0.1, 0.15) is 42.5 Å². The molecule has 1 aromatic rings. The van der Waals surface area contributed by atoms with Crippen LogP contribution in [0.3, 0.4) is 0 Å². The molecule has 1 saturated carbocycles. The van der Waals surface area contributed by atoms with Crippen LogP contribution in [-0.4, -0.2) is 39.0 Å². The molecule has 1 aliphatic rings. The van der Waals surface area contributed by atoms with Crippen molar-refractivity contribution < 1.29 is 9.59 Å². The van der Waals surface area contributed by atoms with Gasteiger partial charge in [-0.2, -0.15) is 0 Å². The second-order valence-electron chi connectivity index (χ2n) is 6.41. The van der Waals surface area contributed by atoms with E-state index in [9.17, 15) is 9.59 Å². The minimum absolute atomic E-state index is 0.0979. The first-order valence-corrected chi connectivity index (χ1v) is 8.38. The Morgan fingerprint density at radius 1 is 1.13 bits per heavy atom. The monoisotopic (exact) mass is 317 g/mol. The zero-order valence-corrected chi connectivity index (χ0v) is 14.1. The van der Waals surface area contributed by atoms with Crippen LogP contribution in [0.4, 0.5) is 5.69 Å². The summed E-state index contributed by atoms with van der Waals surface area (Å²) in [6.45, 7) is 0.923. The third-order valence-corrected chi connectivity index (χ3v) is 4.31. The smallest absolute Gasteiger partial charge is 0.251 e. The van der Waals surface area contributed by atoms with Gasteiger partial charge in [-0.05, 0) is 37.0 Å². The van der Waals surface area contributed by atoms with Crippen molar-refractivity contribution in [2.75, 3.05) is 32.1 Å². The van der Waals surface area contributed by atoms with Gasteiger partial charge in [0, 0.05) is 44.9 Å². The average molecular weight is 317 g/mol. The highest BCUT2D eigenvalue weighted by atomic mass is 16.2. The standard InChI is InChI=1S/C18H27N3O2/c1-21(2)16-9-5-8-15(13-16)18(23)20-11-10-19-17(22)12-14-6-3-4-7-14/h5,8-9,13-14H,3-4,6-7,10-12H2,1-2H3,(H,19,22)(H,20,23). The number of anilines is 1. The average Bonchev–Trinajstić information content (AvgIpc) is 3.04. The maximum Gasteiger partial charge on any atom is 0.251 e. The van der Waals surface area contributed by atoms with Crippen molar-refractivity contribution in [3.8, 4) is 0 Å². The van der Waals surface area contributed by atoms with E-state index in [0.717, 1.165) is 5.69 Å². The first kappa shape index (κ1) is 17.3. The summed E-state index contributed by atoms with van der Waals surface area (Å²) in [7, 11) is 3.88. The molecule has 0 spiro atoms. The van der Waals surface area contributed by atoms with Gasteiger partial charge in [0.05, 0.1) is 0 Å². The summed E-state index contributed by atoms with van der Waals surface area (Å²) >= 11 is 0. The predicted molar refractivity (Wildman–Crippen MR) is 92.7 cm³/mol. The third kappa shape index (κ3) is 5.58. The minimum atomic E-state index is -0.112. The van der Waals surface area contributed by atoms with Crippen LogP contribution < -0.4 is 15.5 Å². The molecule has 2 amide bonds. The molecule has 0 aromatic heterocycles. The molecule has 1 fully saturated rings. The number of hydrogen-bond donors (Lipinski definition) is 2. The molecule has 0 atom stereocenters. The van der Waals surface area contributed by atoms with E-state index in [-0.39, 0.29) is 11.8 Å². The van der Waals surface area contributed by atoms with Crippen LogP contribution in [0.2, 0.25) is 0 Å². The molecule has 0 radical (unpaired) electrons. The zero-order chi connectivity index (χ0) is 16.7. The van der Waals surface area contributed by atoms with Crippen LogP contribution in [0.5, 0.6) is 0 Å². The number of benzene rings is 1. The fourth-order valence-corrected chi connectivity index (χ4v) is 2.95. The second kappa shape index (κ2) is 8.56. The summed E-state index contributed by atoms with van der Waals surface area (Å²) in [5.41, 5.74) is 1.62. The summed E-state index contributed by atoms with van der Waals surface area (Å²) < 4.78 is 0. The third-order valence-electron chi connectivity index (χ3n) is 4.31. The summed E-state index contributed by atoms with van der Waals surface area (Å²) in [6.07, 6.45) is 5.47. The van der Waals surface area contributed by atoms with Gasteiger partial charge in [0.2, 0.25) is 5.91 Å². The van der Waals surface area contributed by atoms with E-state index in [1.54, 1.807) is 6.07 Å². The zero-order valence-electron chi connectivity index (χ0n) is 14.1. The van der Waals surface area contributed by atoms with E-state index < -0.39 is 0 Å². The molecular weight excluding hydrogens is 290 g/mol. The van der Waals surface area contributed by atoms with E-state index in [1.807, 2.05) is 37.2 Å². The fraction of sp³-hybridized carbons (Fsp3) is 0.556. The van der Waals surface area contributed by atoms with E-state index in [1.165, 1.54) is 25.7 Å². The van der Waals surface area contributed by atoms with Gasteiger partial charge in [0.25, 0.3) is 5.91 Å². The lowest BCUT2D eigenvalue weighted by Crippen LogP contribution is -2.35. The highest BCUT2D eigenvalue weighted by molar-refractivity contribution is 5.95. The van der Waals surface area contributed by atoms with Crippen molar-refractivity contribution in [3.05, 3.63) is 29.8 Å². The van der Waals surface area contributed by atoms with Crippen molar-refractivity contribution in [2.24, 2.45) is 5.92 Å². The summed E-state index contributed by atoms with van der Waals surface area (Å²) in [5.74, 6) is 0.540. The molecule has 1 aliphatic carbocycles. The normalized spacial score (nSPS) is 14.5. The van der Waals surface area contributed by atoms with Crippen LogP contribution in [0.15, 0.2) is 24.3 Å². The summed E-state index contributed by atoms with van der Waals surface area (Å²) in [4.78, 5) is 25.9. The van der Waals surface area contributed by atoms with Gasteiger partial charge < -0.3 is 15.5 Å². The van der Waals surface area contributed by atoms with E-state index in [2.05, 4.69) is 10.6 Å². The number of carbonyl (C=O) groups excluding carboxylic acids is 2. The first-order chi connectivity index (χ1) is 11.1. The molecule has 0 saturated heterocycles. The molecule has 0 heterocycles. The van der Waals surface area contributed by atoms with Crippen LogP contribution in [0, 0.1) is 5.92 Å². The van der Waals surface area contributed by atoms with E-state index >= 15 is 0 Å². The molecule has 0 aliphatic heterocycles. The molecule has 126 valence electrons. The number of rotatable bonds is 7. The van der Waals surface area contributed by atoms with E-state index in [0.29, 0.717) is 31.0 Å². The lowest BCUT2D eigenvalue weighted by molar-refractivity contribution is -0.121. The topological polar surface area (TPSA) is 61.4 Å². The van der Waals surface area contributed by atoms with Crippen LogP contribution >= 0.6 is 0 Å². The Bertz CT molecular complexity index is 537. The molecule has 0 bridgehead atoms. The highest BCUT2D eigenvalue weighted by Crippen LogP contribution is 2.27. The molecule has 0 unspecified atom stereocenters. The number of nitrogens with zero attached hydrogens (tertiary/aromatic N) is 1. The van der Waals surface area contributed by atoms with Gasteiger partial charge in [-0.1, -0.05) is 18.9 Å². The van der Waals surface area contributed by atoms with Crippen molar-refractivity contribution in [3.63, 3.8) is 0 Å². The van der Waals surface area contributed by atoms with Gasteiger partial charge in [-0.15, -0.1) is 0 Å². The van der Waals surface area contributed by atoms with Crippen molar-refractivity contribution in [1.82, 2.24) is 10.6 Å². The second-order valence-corrected chi connectivity index (χ2v) is 6.41. The van der Waals surface area contributed by atoms with Gasteiger partial charge in [-0.25, -0.2) is 0 Å². The number of hydrogen-bond acceptors (Lipinski definition) is 3. The molecule has 2 N–H and O–H groups in total. The SMILES string of the molecule is CN(C)c1cccc(C(=O)NCCNC(=O)CC2CCCC2)c1. The molecule has 2 rings (SSSR count). The molecule has 5 nitrogen and oxygen atoms in total. The maximum atomic E-state index is 12.1. The Hall–Kier alpha value is -2.04. The van der Waals surface area contributed by atoms with Gasteiger partial charge in [0.15, 0.2) is 0 Å². The predicted octanol–water partition coefficient (Wildman–Crippen LogP) is 2.18. The van der Waals surface area contributed by atoms with Crippen molar-refractivity contribution in [1.29, 1.82) is 0 Å². The highest BCUT2D eigenvalue weighted by Gasteiger charge is 2.18. The van der Waals surface area contributed by atoms with Crippen molar-refractivity contribution in [2.45, 2.75) is 32.1 Å². The lowest BCUT2D eigenvalue weighted by atomic mass is 10.0. The Morgan fingerprint density at radius 3 is 2.52 bits per heavy atom. The quantitative estimate of drug-likeness (QED) is 0.758. The fourth-order valence-electron chi connectivity index (χ4n) is 2.95. The van der Waals surface area contributed by atoms with Gasteiger partial charge in [0.1, 0.15) is 0 Å². The Kier molecular flexibility index (Phi) is 6.44. The first-order valence-electron chi connectivity index (χ1n) is 8.38.